The van der Waals surface area contributed by atoms with Gasteiger partial charge in [0.25, 0.3) is 0 Å². The lowest BCUT2D eigenvalue weighted by Gasteiger charge is -2.23. The second kappa shape index (κ2) is 11.7. The zero-order valence-corrected chi connectivity index (χ0v) is 20.1. The van der Waals surface area contributed by atoms with E-state index >= 15 is 0 Å². The van der Waals surface area contributed by atoms with Crippen LogP contribution in [0.4, 0.5) is 4.79 Å². The SMILES string of the molecule is CCC(CCNC(=O)OCC1c2ccccc2-c2ccccc21)CCC(=O)N(C)C(C)C(=O)O. The fourth-order valence-corrected chi connectivity index (χ4v) is 4.47. The Bertz CT molecular complexity index is 976. The van der Waals surface area contributed by atoms with Crippen molar-refractivity contribution >= 4 is 18.0 Å². The summed E-state index contributed by atoms with van der Waals surface area (Å²) in [6.07, 6.45) is 2.10. The molecule has 34 heavy (non-hydrogen) atoms. The van der Waals surface area contributed by atoms with Gasteiger partial charge in [0.05, 0.1) is 0 Å². The van der Waals surface area contributed by atoms with Crippen LogP contribution in [0.1, 0.15) is 56.6 Å². The Labute approximate surface area is 201 Å². The molecular formula is C27H34N2O5. The van der Waals surface area contributed by atoms with Crippen molar-refractivity contribution in [3.05, 3.63) is 59.7 Å². The number of nitrogens with one attached hydrogen (secondary N) is 1. The van der Waals surface area contributed by atoms with E-state index in [1.807, 2.05) is 31.2 Å². The molecule has 0 aromatic heterocycles. The smallest absolute Gasteiger partial charge is 0.407 e. The zero-order chi connectivity index (χ0) is 24.7. The highest BCUT2D eigenvalue weighted by Crippen LogP contribution is 2.44. The Morgan fingerprint density at radius 2 is 1.62 bits per heavy atom. The lowest BCUT2D eigenvalue weighted by molar-refractivity contribution is -0.148. The number of hydrogen-bond donors (Lipinski definition) is 2. The number of likely N-dealkylation sites (N-methyl/N-ethyl adjacent to an activating group) is 1. The molecule has 7 nitrogen and oxygen atoms in total. The molecule has 0 saturated carbocycles. The summed E-state index contributed by atoms with van der Waals surface area (Å²) in [6.45, 7) is 4.28. The fraction of sp³-hybridized carbons (Fsp3) is 0.444. The quantitative estimate of drug-likeness (QED) is 0.502. The van der Waals surface area contributed by atoms with Crippen LogP contribution in [-0.2, 0) is 14.3 Å². The third-order valence-corrected chi connectivity index (χ3v) is 6.84. The number of ether oxygens (including phenoxy) is 1. The minimum Gasteiger partial charge on any atom is -0.480 e. The molecule has 2 aromatic carbocycles. The zero-order valence-electron chi connectivity index (χ0n) is 20.1. The molecule has 182 valence electrons. The Morgan fingerprint density at radius 1 is 1.03 bits per heavy atom. The number of alkyl carbamates (subject to hydrolysis) is 1. The summed E-state index contributed by atoms with van der Waals surface area (Å²) in [4.78, 5) is 36.9. The molecule has 2 aromatic rings. The molecule has 0 aliphatic heterocycles. The largest absolute Gasteiger partial charge is 0.480 e. The number of benzene rings is 2. The second-order valence-electron chi connectivity index (χ2n) is 8.87. The van der Waals surface area contributed by atoms with E-state index in [9.17, 15) is 14.4 Å². The van der Waals surface area contributed by atoms with Crippen molar-refractivity contribution in [1.82, 2.24) is 10.2 Å². The van der Waals surface area contributed by atoms with Gasteiger partial charge in [-0.15, -0.1) is 0 Å². The van der Waals surface area contributed by atoms with Gasteiger partial charge in [0.15, 0.2) is 0 Å². The molecular weight excluding hydrogens is 432 g/mol. The third-order valence-electron chi connectivity index (χ3n) is 6.84. The van der Waals surface area contributed by atoms with E-state index in [-0.39, 0.29) is 30.8 Å². The topological polar surface area (TPSA) is 95.9 Å². The maximum absolute atomic E-state index is 12.3. The Morgan fingerprint density at radius 3 is 2.18 bits per heavy atom. The van der Waals surface area contributed by atoms with Gasteiger partial charge in [-0.05, 0) is 47.9 Å². The first-order valence-electron chi connectivity index (χ1n) is 11.9. The summed E-state index contributed by atoms with van der Waals surface area (Å²) in [6, 6.07) is 15.6. The van der Waals surface area contributed by atoms with Crippen LogP contribution in [0.3, 0.4) is 0 Å². The summed E-state index contributed by atoms with van der Waals surface area (Å²) in [7, 11) is 1.51. The Hall–Kier alpha value is -3.35. The first kappa shape index (κ1) is 25.3. The molecule has 0 spiro atoms. The molecule has 7 heteroatoms. The molecule has 2 N–H and O–H groups in total. The standard InChI is InChI=1S/C27H34N2O5/c1-4-19(13-14-25(30)29(3)18(2)26(31)32)15-16-28-27(33)34-17-24-22-11-7-5-9-20(22)21-10-6-8-12-23(21)24/h5-12,18-19,24H,4,13-17H2,1-3H3,(H,28,33)(H,31,32). The molecule has 0 bridgehead atoms. The predicted molar refractivity (Wildman–Crippen MR) is 131 cm³/mol. The van der Waals surface area contributed by atoms with Crippen LogP contribution in [0.25, 0.3) is 11.1 Å². The predicted octanol–water partition coefficient (Wildman–Crippen LogP) is 4.65. The van der Waals surface area contributed by atoms with Crippen molar-refractivity contribution < 1.29 is 24.2 Å². The van der Waals surface area contributed by atoms with E-state index in [0.717, 1.165) is 12.8 Å². The van der Waals surface area contributed by atoms with Gasteiger partial charge in [-0.1, -0.05) is 61.9 Å². The summed E-state index contributed by atoms with van der Waals surface area (Å²) < 4.78 is 5.57. The van der Waals surface area contributed by atoms with Gasteiger partial charge in [0.2, 0.25) is 5.91 Å². The van der Waals surface area contributed by atoms with E-state index in [1.54, 1.807) is 0 Å². The van der Waals surface area contributed by atoms with Crippen molar-refractivity contribution in [2.24, 2.45) is 5.92 Å². The monoisotopic (exact) mass is 466 g/mol. The molecule has 1 aliphatic carbocycles. The maximum atomic E-state index is 12.3. The highest BCUT2D eigenvalue weighted by molar-refractivity contribution is 5.83. The van der Waals surface area contributed by atoms with Crippen molar-refractivity contribution in [2.45, 2.75) is 51.5 Å². The minimum atomic E-state index is -1.02. The first-order valence-corrected chi connectivity index (χ1v) is 11.9. The van der Waals surface area contributed by atoms with E-state index in [4.69, 9.17) is 9.84 Å². The van der Waals surface area contributed by atoms with Crippen LogP contribution in [0.5, 0.6) is 0 Å². The second-order valence-corrected chi connectivity index (χ2v) is 8.87. The fourth-order valence-electron chi connectivity index (χ4n) is 4.47. The van der Waals surface area contributed by atoms with Gasteiger partial charge in [-0.3, -0.25) is 4.79 Å². The van der Waals surface area contributed by atoms with Crippen LogP contribution in [0.2, 0.25) is 0 Å². The average molecular weight is 467 g/mol. The molecule has 2 amide bonds. The van der Waals surface area contributed by atoms with Gasteiger partial charge >= 0.3 is 12.1 Å². The molecule has 0 saturated heterocycles. The van der Waals surface area contributed by atoms with Gasteiger partial charge in [-0.25, -0.2) is 9.59 Å². The van der Waals surface area contributed by atoms with Gasteiger partial charge in [0.1, 0.15) is 12.6 Å². The molecule has 3 rings (SSSR count). The number of rotatable bonds is 11. The number of carboxylic acid groups (broad SMARTS) is 1. The molecule has 1 aliphatic rings. The number of aliphatic carboxylic acids is 1. The van der Waals surface area contributed by atoms with Gasteiger partial charge < -0.3 is 20.1 Å². The molecule has 0 radical (unpaired) electrons. The van der Waals surface area contributed by atoms with Gasteiger partial charge in [-0.2, -0.15) is 0 Å². The van der Waals surface area contributed by atoms with E-state index < -0.39 is 18.1 Å². The molecule has 0 fully saturated rings. The lowest BCUT2D eigenvalue weighted by atomic mass is 9.96. The highest BCUT2D eigenvalue weighted by Gasteiger charge is 2.29. The number of amides is 2. The van der Waals surface area contributed by atoms with Crippen LogP contribution in [-0.4, -0.2) is 54.2 Å². The van der Waals surface area contributed by atoms with Gasteiger partial charge in [0, 0.05) is 25.9 Å². The molecule has 0 heterocycles. The van der Waals surface area contributed by atoms with Crippen LogP contribution >= 0.6 is 0 Å². The van der Waals surface area contributed by atoms with E-state index in [0.29, 0.717) is 13.0 Å². The Kier molecular flexibility index (Phi) is 8.68. The van der Waals surface area contributed by atoms with Crippen LogP contribution in [0, 0.1) is 5.92 Å². The van der Waals surface area contributed by atoms with Crippen molar-refractivity contribution in [3.63, 3.8) is 0 Å². The van der Waals surface area contributed by atoms with Crippen LogP contribution < -0.4 is 5.32 Å². The lowest BCUT2D eigenvalue weighted by Crippen LogP contribution is -2.40. The third kappa shape index (κ3) is 5.95. The molecule has 2 unspecified atom stereocenters. The van der Waals surface area contributed by atoms with E-state index in [1.165, 1.54) is 41.1 Å². The summed E-state index contributed by atoms with van der Waals surface area (Å²) in [5, 5.41) is 11.9. The average Bonchev–Trinajstić information content (AvgIpc) is 3.17. The summed E-state index contributed by atoms with van der Waals surface area (Å²) in [5.74, 6) is -0.919. The number of nitrogens with zero attached hydrogens (tertiary/aromatic N) is 1. The highest BCUT2D eigenvalue weighted by atomic mass is 16.5. The first-order chi connectivity index (χ1) is 16.3. The number of fused-ring (bicyclic) bond motifs is 3. The van der Waals surface area contributed by atoms with Crippen molar-refractivity contribution in [1.29, 1.82) is 0 Å². The number of hydrogen-bond acceptors (Lipinski definition) is 4. The minimum absolute atomic E-state index is 0.0257. The van der Waals surface area contributed by atoms with Crippen LogP contribution in [0.15, 0.2) is 48.5 Å². The normalized spacial score (nSPS) is 14.0. The van der Waals surface area contributed by atoms with E-state index in [2.05, 4.69) is 29.6 Å². The Balaban J connectivity index is 1.43. The molecule has 2 atom stereocenters. The number of carbonyl (C=O) groups excluding carboxylic acids is 2. The summed E-state index contributed by atoms with van der Waals surface area (Å²) in [5.41, 5.74) is 4.73. The maximum Gasteiger partial charge on any atom is 0.407 e. The number of carbonyl (C=O) groups is 3. The van der Waals surface area contributed by atoms with Crippen molar-refractivity contribution in [3.8, 4) is 11.1 Å². The summed E-state index contributed by atoms with van der Waals surface area (Å²) >= 11 is 0. The van der Waals surface area contributed by atoms with Crippen molar-refractivity contribution in [2.75, 3.05) is 20.2 Å². The number of carboxylic acids is 1.